The van der Waals surface area contributed by atoms with Gasteiger partial charge in [-0.2, -0.15) is 0 Å². The Kier molecular flexibility index (Phi) is 3.24. The van der Waals surface area contributed by atoms with Gasteiger partial charge in [0, 0.05) is 39.9 Å². The van der Waals surface area contributed by atoms with E-state index in [1.54, 1.807) is 12.1 Å². The minimum atomic E-state index is 0.0190. The number of aromatic hydroxyl groups is 3. The first kappa shape index (κ1) is 14.3. The molecule has 0 atom stereocenters. The molecule has 0 aliphatic heterocycles. The third-order valence-corrected chi connectivity index (χ3v) is 4.13. The third-order valence-electron chi connectivity index (χ3n) is 4.13. The van der Waals surface area contributed by atoms with Crippen molar-refractivity contribution in [3.63, 3.8) is 0 Å². The van der Waals surface area contributed by atoms with Gasteiger partial charge in [0.15, 0.2) is 0 Å². The fourth-order valence-corrected chi connectivity index (χ4v) is 2.87. The number of aryl methyl sites for hydroxylation is 1. The highest BCUT2D eigenvalue weighted by Crippen LogP contribution is 2.42. The lowest BCUT2D eigenvalue weighted by molar-refractivity contribution is 0.445. The maximum absolute atomic E-state index is 10.3. The summed E-state index contributed by atoms with van der Waals surface area (Å²) in [7, 11) is 0. The molecule has 22 heavy (non-hydrogen) atoms. The van der Waals surface area contributed by atoms with Crippen LogP contribution in [-0.4, -0.2) is 20.3 Å². The van der Waals surface area contributed by atoms with Crippen LogP contribution in [0.25, 0.3) is 22.0 Å². The molecule has 0 amide bonds. The molecule has 1 heterocycles. The second-order valence-corrected chi connectivity index (χ2v) is 5.92. The molecule has 0 saturated carbocycles. The van der Waals surface area contributed by atoms with Crippen molar-refractivity contribution in [2.75, 3.05) is 0 Å². The van der Waals surface area contributed by atoms with E-state index < -0.39 is 0 Å². The predicted molar refractivity (Wildman–Crippen MR) is 87.6 cm³/mol. The molecule has 2 aromatic carbocycles. The Labute approximate surface area is 128 Å². The van der Waals surface area contributed by atoms with Crippen LogP contribution in [0.2, 0.25) is 0 Å². The van der Waals surface area contributed by atoms with Gasteiger partial charge in [0.05, 0.1) is 0 Å². The van der Waals surface area contributed by atoms with E-state index in [9.17, 15) is 15.3 Å². The largest absolute Gasteiger partial charge is 0.508 e. The molecule has 0 saturated heterocycles. The number of fused-ring (bicyclic) bond motifs is 1. The number of nitrogens with one attached hydrogen (secondary N) is 1. The number of aromatic nitrogens is 1. The maximum Gasteiger partial charge on any atom is 0.127 e. The van der Waals surface area contributed by atoms with Crippen LogP contribution in [0.3, 0.4) is 0 Å². The van der Waals surface area contributed by atoms with Crippen molar-refractivity contribution in [2.24, 2.45) is 0 Å². The van der Waals surface area contributed by atoms with Crippen LogP contribution in [0.1, 0.15) is 30.9 Å². The first-order valence-electron chi connectivity index (χ1n) is 7.26. The van der Waals surface area contributed by atoms with Crippen molar-refractivity contribution >= 4 is 10.9 Å². The summed E-state index contributed by atoms with van der Waals surface area (Å²) in [6, 6.07) is 6.64. The molecule has 0 spiro atoms. The number of hydrogen-bond donors (Lipinski definition) is 4. The molecule has 3 rings (SSSR count). The Morgan fingerprint density at radius 3 is 2.32 bits per heavy atom. The molecular weight excluding hydrogens is 278 g/mol. The molecule has 0 aliphatic carbocycles. The molecule has 0 bridgehead atoms. The molecule has 1 aromatic heterocycles. The van der Waals surface area contributed by atoms with Crippen molar-refractivity contribution < 1.29 is 15.3 Å². The molecule has 4 N–H and O–H groups in total. The Morgan fingerprint density at radius 2 is 1.64 bits per heavy atom. The highest BCUT2D eigenvalue weighted by atomic mass is 16.3. The van der Waals surface area contributed by atoms with Gasteiger partial charge in [0.2, 0.25) is 0 Å². The fourth-order valence-electron chi connectivity index (χ4n) is 2.87. The van der Waals surface area contributed by atoms with Crippen molar-refractivity contribution in [3.05, 3.63) is 41.6 Å². The van der Waals surface area contributed by atoms with Crippen LogP contribution in [0, 0.1) is 6.92 Å². The van der Waals surface area contributed by atoms with Crippen LogP contribution < -0.4 is 0 Å². The van der Waals surface area contributed by atoms with Crippen LogP contribution >= 0.6 is 0 Å². The number of phenolic OH excluding ortho intramolecular Hbond substituents is 3. The summed E-state index contributed by atoms with van der Waals surface area (Å²) in [5, 5.41) is 31.1. The molecular formula is C18H19NO3. The zero-order valence-corrected chi connectivity index (χ0v) is 12.8. The van der Waals surface area contributed by atoms with Gasteiger partial charge in [-0.3, -0.25) is 0 Å². The lowest BCUT2D eigenvalue weighted by atomic mass is 9.94. The summed E-state index contributed by atoms with van der Waals surface area (Å²) < 4.78 is 0. The van der Waals surface area contributed by atoms with Gasteiger partial charge in [-0.1, -0.05) is 13.8 Å². The standard InChI is InChI=1S/C18H19NO3/c1-9(2)11-6-12(17(22)7-16(11)21)13-8-19-14-4-5-15(20)10(3)18(13)14/h4-9,19-22H,1-3H3. The molecule has 0 aliphatic rings. The first-order chi connectivity index (χ1) is 10.4. The van der Waals surface area contributed by atoms with Crippen LogP contribution in [0.5, 0.6) is 17.2 Å². The summed E-state index contributed by atoms with van der Waals surface area (Å²) in [5.41, 5.74) is 3.88. The van der Waals surface area contributed by atoms with Crippen LogP contribution in [0.15, 0.2) is 30.5 Å². The summed E-state index contributed by atoms with van der Waals surface area (Å²) in [6.45, 7) is 5.82. The van der Waals surface area contributed by atoms with Gasteiger partial charge < -0.3 is 20.3 Å². The monoisotopic (exact) mass is 297 g/mol. The van der Waals surface area contributed by atoms with Crippen LogP contribution in [-0.2, 0) is 0 Å². The zero-order valence-electron chi connectivity index (χ0n) is 12.8. The van der Waals surface area contributed by atoms with E-state index in [4.69, 9.17) is 0 Å². The second kappa shape index (κ2) is 4.98. The average Bonchev–Trinajstić information content (AvgIpc) is 2.87. The number of aromatic amines is 1. The van der Waals surface area contributed by atoms with E-state index in [-0.39, 0.29) is 23.2 Å². The average molecular weight is 297 g/mol. The highest BCUT2D eigenvalue weighted by molar-refractivity contribution is 6.00. The lowest BCUT2D eigenvalue weighted by Crippen LogP contribution is -1.90. The van der Waals surface area contributed by atoms with Crippen molar-refractivity contribution in [3.8, 4) is 28.4 Å². The van der Waals surface area contributed by atoms with E-state index in [1.807, 2.05) is 33.0 Å². The summed E-state index contributed by atoms with van der Waals surface area (Å²) in [6.07, 6.45) is 1.81. The molecule has 0 fully saturated rings. The SMILES string of the molecule is Cc1c(O)ccc2[nH]cc(-c3cc(C(C)C)c(O)cc3O)c12. The minimum absolute atomic E-state index is 0.0190. The van der Waals surface area contributed by atoms with Gasteiger partial charge in [0.1, 0.15) is 17.2 Å². The van der Waals surface area contributed by atoms with E-state index >= 15 is 0 Å². The molecule has 0 unspecified atom stereocenters. The zero-order chi connectivity index (χ0) is 16.0. The second-order valence-electron chi connectivity index (χ2n) is 5.92. The first-order valence-corrected chi connectivity index (χ1v) is 7.26. The van der Waals surface area contributed by atoms with Gasteiger partial charge in [-0.15, -0.1) is 0 Å². The highest BCUT2D eigenvalue weighted by Gasteiger charge is 2.17. The van der Waals surface area contributed by atoms with E-state index in [0.717, 1.165) is 27.6 Å². The van der Waals surface area contributed by atoms with Gasteiger partial charge >= 0.3 is 0 Å². The molecule has 3 aromatic rings. The summed E-state index contributed by atoms with van der Waals surface area (Å²) in [4.78, 5) is 3.16. The summed E-state index contributed by atoms with van der Waals surface area (Å²) in [5.74, 6) is 0.468. The topological polar surface area (TPSA) is 76.5 Å². The fraction of sp³-hybridized carbons (Fsp3) is 0.222. The Balaban J connectivity index is 2.33. The van der Waals surface area contributed by atoms with Crippen LogP contribution in [0.4, 0.5) is 0 Å². The smallest absolute Gasteiger partial charge is 0.127 e. The van der Waals surface area contributed by atoms with Crippen molar-refractivity contribution in [1.82, 2.24) is 4.98 Å². The third kappa shape index (κ3) is 2.08. The van der Waals surface area contributed by atoms with Crippen molar-refractivity contribution in [2.45, 2.75) is 26.7 Å². The number of benzene rings is 2. The molecule has 0 radical (unpaired) electrons. The number of rotatable bonds is 2. The van der Waals surface area contributed by atoms with Gasteiger partial charge in [-0.05, 0) is 36.6 Å². The number of H-pyrrole nitrogens is 1. The van der Waals surface area contributed by atoms with Gasteiger partial charge in [0.25, 0.3) is 0 Å². The van der Waals surface area contributed by atoms with E-state index in [1.165, 1.54) is 6.07 Å². The maximum atomic E-state index is 10.3. The molecule has 114 valence electrons. The Hall–Kier alpha value is -2.62. The predicted octanol–water partition coefficient (Wildman–Crippen LogP) is 4.38. The summed E-state index contributed by atoms with van der Waals surface area (Å²) >= 11 is 0. The van der Waals surface area contributed by atoms with Crippen molar-refractivity contribution in [1.29, 1.82) is 0 Å². The lowest BCUT2D eigenvalue weighted by Gasteiger charge is -2.13. The van der Waals surface area contributed by atoms with Gasteiger partial charge in [-0.25, -0.2) is 0 Å². The van der Waals surface area contributed by atoms with E-state index in [2.05, 4.69) is 4.98 Å². The number of hydrogen-bond acceptors (Lipinski definition) is 3. The normalized spacial score (nSPS) is 11.5. The molecule has 4 heteroatoms. The Bertz CT molecular complexity index is 862. The number of phenols is 3. The minimum Gasteiger partial charge on any atom is -0.508 e. The molecule has 4 nitrogen and oxygen atoms in total. The Morgan fingerprint density at radius 1 is 0.909 bits per heavy atom. The van der Waals surface area contributed by atoms with E-state index in [0.29, 0.717) is 5.56 Å². The quantitative estimate of drug-likeness (QED) is 0.567.